The Hall–Kier alpha value is -3.86. The van der Waals surface area contributed by atoms with E-state index in [1.807, 2.05) is 59.5 Å². The van der Waals surface area contributed by atoms with E-state index in [2.05, 4.69) is 39.2 Å². The SMILES string of the molecule is COc1ccc(NC(=O)N2CCCCN3[C@H](CO)[C@@H](c4ccc(C#Cc5ccccn5)cc4)[C@H]3C2)cc1. The van der Waals surface area contributed by atoms with E-state index in [0.717, 1.165) is 42.1 Å². The topological polar surface area (TPSA) is 77.9 Å². The molecule has 3 atom stereocenters. The number of carbonyl (C=O) groups excluding carboxylic acids is 1. The van der Waals surface area contributed by atoms with Crippen LogP contribution in [0.25, 0.3) is 0 Å². The fraction of sp³-hybridized carbons (Fsp3) is 0.333. The van der Waals surface area contributed by atoms with E-state index in [1.165, 1.54) is 5.56 Å². The number of amides is 2. The summed E-state index contributed by atoms with van der Waals surface area (Å²) in [5, 5.41) is 13.3. The molecule has 7 nitrogen and oxygen atoms in total. The van der Waals surface area contributed by atoms with Gasteiger partial charge in [-0.2, -0.15) is 0 Å². The minimum Gasteiger partial charge on any atom is -0.497 e. The Morgan fingerprint density at radius 3 is 2.54 bits per heavy atom. The molecule has 3 heterocycles. The second kappa shape index (κ2) is 11.5. The molecule has 7 heteroatoms. The maximum Gasteiger partial charge on any atom is 0.321 e. The van der Waals surface area contributed by atoms with Gasteiger partial charge in [-0.1, -0.05) is 24.1 Å². The lowest BCUT2D eigenvalue weighted by Crippen LogP contribution is -2.68. The third-order valence-corrected chi connectivity index (χ3v) is 7.29. The predicted octanol–water partition coefficient (Wildman–Crippen LogP) is 3.95. The second-order valence-electron chi connectivity index (χ2n) is 9.48. The number of pyridine rings is 1. The molecular formula is C30H32N4O3. The van der Waals surface area contributed by atoms with Crippen molar-refractivity contribution in [3.8, 4) is 17.6 Å². The molecule has 1 aromatic heterocycles. The van der Waals surface area contributed by atoms with E-state index in [9.17, 15) is 9.90 Å². The number of fused-ring (bicyclic) bond motifs is 1. The highest BCUT2D eigenvalue weighted by Gasteiger charge is 2.49. The molecule has 190 valence electrons. The van der Waals surface area contributed by atoms with Gasteiger partial charge in [0.05, 0.1) is 13.7 Å². The number of urea groups is 1. The molecule has 2 aliphatic rings. The third kappa shape index (κ3) is 5.61. The highest BCUT2D eigenvalue weighted by Crippen LogP contribution is 2.42. The summed E-state index contributed by atoms with van der Waals surface area (Å²) in [6.45, 7) is 2.36. The number of aromatic nitrogens is 1. The number of benzene rings is 2. The first-order valence-corrected chi connectivity index (χ1v) is 12.8. The Morgan fingerprint density at radius 2 is 1.84 bits per heavy atom. The van der Waals surface area contributed by atoms with Crippen molar-refractivity contribution in [3.05, 3.63) is 89.7 Å². The van der Waals surface area contributed by atoms with E-state index >= 15 is 0 Å². The number of anilines is 1. The molecule has 2 fully saturated rings. The molecule has 0 radical (unpaired) electrons. The molecule has 37 heavy (non-hydrogen) atoms. The Labute approximate surface area is 218 Å². The molecule has 5 rings (SSSR count). The zero-order valence-electron chi connectivity index (χ0n) is 21.0. The van der Waals surface area contributed by atoms with Gasteiger partial charge in [-0.3, -0.25) is 4.90 Å². The molecule has 2 aromatic carbocycles. The van der Waals surface area contributed by atoms with Crippen molar-refractivity contribution >= 4 is 11.7 Å². The highest BCUT2D eigenvalue weighted by atomic mass is 16.5. The van der Waals surface area contributed by atoms with Crippen LogP contribution in [-0.4, -0.2) is 71.4 Å². The number of nitrogens with one attached hydrogen (secondary N) is 1. The average molecular weight is 497 g/mol. The minimum atomic E-state index is -0.0987. The zero-order chi connectivity index (χ0) is 25.6. The quantitative estimate of drug-likeness (QED) is 0.535. The molecule has 0 spiro atoms. The lowest BCUT2D eigenvalue weighted by molar-refractivity contribution is -0.0585. The number of carbonyl (C=O) groups is 1. The molecule has 2 amide bonds. The Morgan fingerprint density at radius 1 is 1.05 bits per heavy atom. The summed E-state index contributed by atoms with van der Waals surface area (Å²) in [4.78, 5) is 21.7. The number of hydrogen-bond acceptors (Lipinski definition) is 5. The maximum absolute atomic E-state index is 13.2. The van der Waals surface area contributed by atoms with Gasteiger partial charge in [-0.05, 0) is 79.4 Å². The van der Waals surface area contributed by atoms with Crippen molar-refractivity contribution in [2.75, 3.05) is 38.7 Å². The number of nitrogens with zero attached hydrogens (tertiary/aromatic N) is 3. The zero-order valence-corrected chi connectivity index (χ0v) is 21.0. The van der Waals surface area contributed by atoms with Gasteiger partial charge in [0.15, 0.2) is 0 Å². The van der Waals surface area contributed by atoms with Crippen LogP contribution in [0.2, 0.25) is 0 Å². The van der Waals surface area contributed by atoms with Crippen LogP contribution in [0.1, 0.15) is 35.6 Å². The van der Waals surface area contributed by atoms with Gasteiger partial charge in [0.1, 0.15) is 11.4 Å². The largest absolute Gasteiger partial charge is 0.497 e. The highest BCUT2D eigenvalue weighted by molar-refractivity contribution is 5.89. The van der Waals surface area contributed by atoms with Crippen LogP contribution in [0.15, 0.2) is 72.9 Å². The minimum absolute atomic E-state index is 0.0556. The van der Waals surface area contributed by atoms with Crippen molar-refractivity contribution in [1.82, 2.24) is 14.8 Å². The molecule has 2 N–H and O–H groups in total. The van der Waals surface area contributed by atoms with E-state index in [1.54, 1.807) is 13.3 Å². The second-order valence-corrected chi connectivity index (χ2v) is 9.48. The predicted molar refractivity (Wildman–Crippen MR) is 144 cm³/mol. The van der Waals surface area contributed by atoms with Gasteiger partial charge in [-0.25, -0.2) is 9.78 Å². The molecule has 0 aliphatic carbocycles. The van der Waals surface area contributed by atoms with Crippen LogP contribution >= 0.6 is 0 Å². The van der Waals surface area contributed by atoms with E-state index < -0.39 is 0 Å². The summed E-state index contributed by atoms with van der Waals surface area (Å²) in [5.74, 6) is 7.17. The first-order valence-electron chi connectivity index (χ1n) is 12.8. The summed E-state index contributed by atoms with van der Waals surface area (Å²) in [5.41, 5.74) is 3.57. The number of ether oxygens (including phenoxy) is 1. The van der Waals surface area contributed by atoms with E-state index in [4.69, 9.17) is 4.74 Å². The lowest BCUT2D eigenvalue weighted by Gasteiger charge is -2.57. The van der Waals surface area contributed by atoms with Crippen LogP contribution in [0, 0.1) is 11.8 Å². The summed E-state index contributed by atoms with van der Waals surface area (Å²) >= 11 is 0. The van der Waals surface area contributed by atoms with Crippen molar-refractivity contribution < 1.29 is 14.6 Å². The van der Waals surface area contributed by atoms with Crippen LogP contribution < -0.4 is 10.1 Å². The average Bonchev–Trinajstić information content (AvgIpc) is 2.92. The van der Waals surface area contributed by atoms with Gasteiger partial charge in [0, 0.05) is 48.5 Å². The number of methoxy groups -OCH3 is 1. The smallest absolute Gasteiger partial charge is 0.321 e. The normalized spacial score (nSPS) is 21.4. The Balaban J connectivity index is 1.30. The molecule has 0 unspecified atom stereocenters. The summed E-state index contributed by atoms with van der Waals surface area (Å²) in [6.07, 6.45) is 3.67. The number of aliphatic hydroxyl groups is 1. The number of hydrogen-bond donors (Lipinski definition) is 2. The van der Waals surface area contributed by atoms with Crippen molar-refractivity contribution in [3.63, 3.8) is 0 Å². The summed E-state index contributed by atoms with van der Waals surface area (Å²) < 4.78 is 5.21. The Bertz CT molecular complexity index is 1250. The van der Waals surface area contributed by atoms with Gasteiger partial charge in [-0.15, -0.1) is 0 Å². The summed E-state index contributed by atoms with van der Waals surface area (Å²) in [7, 11) is 1.62. The lowest BCUT2D eigenvalue weighted by atomic mass is 9.74. The number of rotatable bonds is 4. The molecule has 3 aromatic rings. The fourth-order valence-electron chi connectivity index (χ4n) is 5.36. The van der Waals surface area contributed by atoms with Gasteiger partial charge in [0.25, 0.3) is 0 Å². The van der Waals surface area contributed by atoms with Crippen molar-refractivity contribution in [2.24, 2.45) is 0 Å². The van der Waals surface area contributed by atoms with Gasteiger partial charge >= 0.3 is 6.03 Å². The third-order valence-electron chi connectivity index (χ3n) is 7.29. The fourth-order valence-corrected chi connectivity index (χ4v) is 5.36. The molecule has 0 saturated carbocycles. The van der Waals surface area contributed by atoms with Crippen LogP contribution in [0.3, 0.4) is 0 Å². The van der Waals surface area contributed by atoms with Crippen molar-refractivity contribution in [2.45, 2.75) is 30.8 Å². The molecular weight excluding hydrogens is 464 g/mol. The molecule has 2 saturated heterocycles. The Kier molecular flexibility index (Phi) is 7.69. The van der Waals surface area contributed by atoms with Crippen LogP contribution in [0.5, 0.6) is 5.75 Å². The monoisotopic (exact) mass is 496 g/mol. The van der Waals surface area contributed by atoms with E-state index in [-0.39, 0.29) is 30.6 Å². The standard InChI is InChI=1S/C30H32N4O3/c1-37-26-15-13-25(14-16-26)32-30(36)33-18-4-5-19-34-27(20-33)29(28(34)21-35)23-10-7-22(8-11-23)9-12-24-6-2-3-17-31-24/h2-3,6-8,10-11,13-17,27-29,35H,4-5,18-21H2,1H3,(H,32,36)/t27-,28-,29+/m1/s1. The molecule has 0 bridgehead atoms. The maximum atomic E-state index is 13.2. The van der Waals surface area contributed by atoms with Crippen LogP contribution in [0.4, 0.5) is 10.5 Å². The first-order chi connectivity index (χ1) is 18.2. The number of aliphatic hydroxyl groups excluding tert-OH is 1. The molecule has 2 aliphatic heterocycles. The van der Waals surface area contributed by atoms with Crippen LogP contribution in [-0.2, 0) is 0 Å². The summed E-state index contributed by atoms with van der Waals surface area (Å²) in [6, 6.07) is 21.4. The van der Waals surface area contributed by atoms with Crippen molar-refractivity contribution in [1.29, 1.82) is 0 Å². The van der Waals surface area contributed by atoms with Gasteiger partial charge < -0.3 is 20.1 Å². The first kappa shape index (κ1) is 24.8. The van der Waals surface area contributed by atoms with E-state index in [0.29, 0.717) is 13.1 Å². The van der Waals surface area contributed by atoms with Gasteiger partial charge in [0.2, 0.25) is 0 Å².